The molecule has 2 N–H and O–H groups in total. The van der Waals surface area contributed by atoms with Crippen LogP contribution in [0.1, 0.15) is 11.1 Å². The van der Waals surface area contributed by atoms with Crippen LogP contribution in [-0.4, -0.2) is 35.7 Å². The number of anilines is 2. The molecule has 0 saturated heterocycles. The molecule has 9 heteroatoms. The SMILES string of the molecule is COc1ccc(COc2ccc(CN3CN(N)c4cc(-c5cnn(C)c5)cnc43)cc2OC)cc1. The van der Waals surface area contributed by atoms with Crippen LogP contribution in [0.5, 0.6) is 17.2 Å². The zero-order chi connectivity index (χ0) is 24.4. The van der Waals surface area contributed by atoms with Crippen LogP contribution in [0, 0.1) is 0 Å². The lowest BCUT2D eigenvalue weighted by molar-refractivity contribution is 0.284. The Morgan fingerprint density at radius 1 is 0.914 bits per heavy atom. The third-order valence-electron chi connectivity index (χ3n) is 5.97. The van der Waals surface area contributed by atoms with Gasteiger partial charge in [0, 0.05) is 37.1 Å². The second-order valence-corrected chi connectivity index (χ2v) is 8.40. The number of aryl methyl sites for hydroxylation is 1. The van der Waals surface area contributed by atoms with Gasteiger partial charge < -0.3 is 19.1 Å². The summed E-state index contributed by atoms with van der Waals surface area (Å²) in [5.74, 6) is 9.35. The van der Waals surface area contributed by atoms with Crippen molar-refractivity contribution in [2.24, 2.45) is 12.9 Å². The van der Waals surface area contributed by atoms with Crippen LogP contribution < -0.4 is 30.0 Å². The van der Waals surface area contributed by atoms with Gasteiger partial charge in [-0.15, -0.1) is 0 Å². The predicted octanol–water partition coefficient (Wildman–Crippen LogP) is 3.74. The molecular weight excluding hydrogens is 444 g/mol. The zero-order valence-corrected chi connectivity index (χ0v) is 20.0. The van der Waals surface area contributed by atoms with E-state index in [1.165, 1.54) is 0 Å². The molecule has 0 amide bonds. The van der Waals surface area contributed by atoms with Gasteiger partial charge in [0.2, 0.25) is 0 Å². The number of hydrogen-bond acceptors (Lipinski definition) is 8. The molecule has 1 aliphatic heterocycles. The number of hydrogen-bond donors (Lipinski definition) is 1. The number of rotatable bonds is 8. The molecule has 1 aliphatic rings. The van der Waals surface area contributed by atoms with Crippen LogP contribution >= 0.6 is 0 Å². The minimum absolute atomic E-state index is 0.435. The third-order valence-corrected chi connectivity index (χ3v) is 5.97. The third kappa shape index (κ3) is 4.71. The van der Waals surface area contributed by atoms with Crippen LogP contribution in [0.15, 0.2) is 67.1 Å². The average molecular weight is 473 g/mol. The molecule has 0 atom stereocenters. The van der Waals surface area contributed by atoms with Gasteiger partial charge in [0.05, 0.1) is 26.1 Å². The van der Waals surface area contributed by atoms with Crippen molar-refractivity contribution >= 4 is 11.5 Å². The van der Waals surface area contributed by atoms with Crippen LogP contribution in [0.4, 0.5) is 11.5 Å². The number of ether oxygens (including phenoxy) is 3. The summed E-state index contributed by atoms with van der Waals surface area (Å²) >= 11 is 0. The molecule has 4 aromatic rings. The number of nitrogens with zero attached hydrogens (tertiary/aromatic N) is 5. The molecule has 0 saturated carbocycles. The topological polar surface area (TPSA) is 90.9 Å². The van der Waals surface area contributed by atoms with Crippen molar-refractivity contribution in [1.29, 1.82) is 0 Å². The Bertz CT molecular complexity index is 1320. The molecule has 0 bridgehead atoms. The Kier molecular flexibility index (Phi) is 6.15. The van der Waals surface area contributed by atoms with Crippen LogP contribution in [-0.2, 0) is 20.2 Å². The van der Waals surface area contributed by atoms with Crippen LogP contribution in [0.3, 0.4) is 0 Å². The minimum Gasteiger partial charge on any atom is -0.497 e. The Hall–Kier alpha value is -4.24. The van der Waals surface area contributed by atoms with E-state index in [2.05, 4.69) is 16.1 Å². The highest BCUT2D eigenvalue weighted by Gasteiger charge is 2.26. The van der Waals surface area contributed by atoms with Crippen LogP contribution in [0.2, 0.25) is 0 Å². The fourth-order valence-corrected chi connectivity index (χ4v) is 4.11. The van der Waals surface area contributed by atoms with Crippen molar-refractivity contribution in [3.05, 3.63) is 78.2 Å². The highest BCUT2D eigenvalue weighted by molar-refractivity contribution is 5.77. The summed E-state index contributed by atoms with van der Waals surface area (Å²) in [5, 5.41) is 5.96. The minimum atomic E-state index is 0.435. The molecule has 9 nitrogen and oxygen atoms in total. The second kappa shape index (κ2) is 9.55. The molecule has 2 aromatic heterocycles. The lowest BCUT2D eigenvalue weighted by Crippen LogP contribution is -2.35. The normalized spacial score (nSPS) is 12.6. The zero-order valence-electron chi connectivity index (χ0n) is 20.0. The van der Waals surface area contributed by atoms with E-state index in [9.17, 15) is 0 Å². The quantitative estimate of drug-likeness (QED) is 0.388. The van der Waals surface area contributed by atoms with E-state index in [1.54, 1.807) is 23.9 Å². The number of methoxy groups -OCH3 is 2. The molecule has 2 aromatic carbocycles. The van der Waals surface area contributed by atoms with E-state index in [0.29, 0.717) is 31.3 Å². The van der Waals surface area contributed by atoms with Crippen molar-refractivity contribution in [2.75, 3.05) is 30.8 Å². The molecule has 0 aliphatic carbocycles. The first-order chi connectivity index (χ1) is 17.0. The van der Waals surface area contributed by atoms with Gasteiger partial charge in [0.1, 0.15) is 19.0 Å². The van der Waals surface area contributed by atoms with Gasteiger partial charge in [-0.2, -0.15) is 5.10 Å². The van der Waals surface area contributed by atoms with Gasteiger partial charge in [0.25, 0.3) is 0 Å². The Morgan fingerprint density at radius 3 is 2.43 bits per heavy atom. The lowest BCUT2D eigenvalue weighted by atomic mass is 10.1. The van der Waals surface area contributed by atoms with E-state index in [0.717, 1.165) is 39.5 Å². The van der Waals surface area contributed by atoms with Gasteiger partial charge in [-0.05, 0) is 41.5 Å². The fourth-order valence-electron chi connectivity index (χ4n) is 4.11. The maximum absolute atomic E-state index is 6.31. The molecule has 180 valence electrons. The van der Waals surface area contributed by atoms with Gasteiger partial charge in [-0.1, -0.05) is 18.2 Å². The van der Waals surface area contributed by atoms with E-state index in [1.807, 2.05) is 68.1 Å². The van der Waals surface area contributed by atoms with Crippen LogP contribution in [0.25, 0.3) is 11.1 Å². The first-order valence-electron chi connectivity index (χ1n) is 11.2. The maximum Gasteiger partial charge on any atom is 0.161 e. The smallest absolute Gasteiger partial charge is 0.161 e. The van der Waals surface area contributed by atoms with Gasteiger partial charge >= 0.3 is 0 Å². The van der Waals surface area contributed by atoms with E-state index < -0.39 is 0 Å². The summed E-state index contributed by atoms with van der Waals surface area (Å²) in [5.41, 5.74) is 4.99. The Labute approximate surface area is 204 Å². The van der Waals surface area contributed by atoms with Crippen molar-refractivity contribution in [3.63, 3.8) is 0 Å². The number of benzene rings is 2. The first-order valence-corrected chi connectivity index (χ1v) is 11.2. The van der Waals surface area contributed by atoms with Crippen molar-refractivity contribution in [1.82, 2.24) is 14.8 Å². The standard InChI is InChI=1S/C26H28N6O3/c1-30-15-21(13-29-30)20-11-23-26(28-12-20)31(17-32(23)27)14-19-6-9-24(25(10-19)34-3)35-16-18-4-7-22(33-2)8-5-18/h4-13,15H,14,16-17,27H2,1-3H3. The molecule has 5 rings (SSSR count). The number of nitrogens with two attached hydrogens (primary N) is 1. The number of aromatic nitrogens is 3. The number of fused-ring (bicyclic) bond motifs is 1. The monoisotopic (exact) mass is 472 g/mol. The summed E-state index contributed by atoms with van der Waals surface area (Å²) in [6.07, 6.45) is 5.64. The van der Waals surface area contributed by atoms with Gasteiger partial charge in [-0.25, -0.2) is 10.8 Å². The average Bonchev–Trinajstić information content (AvgIpc) is 3.46. The molecule has 0 radical (unpaired) electrons. The summed E-state index contributed by atoms with van der Waals surface area (Å²) in [7, 11) is 5.19. The lowest BCUT2D eigenvalue weighted by Gasteiger charge is -2.19. The Morgan fingerprint density at radius 2 is 1.71 bits per heavy atom. The van der Waals surface area contributed by atoms with E-state index in [4.69, 9.17) is 25.0 Å². The Balaban J connectivity index is 1.30. The highest BCUT2D eigenvalue weighted by atomic mass is 16.5. The summed E-state index contributed by atoms with van der Waals surface area (Å²) in [6, 6.07) is 15.8. The molecule has 0 unspecified atom stereocenters. The van der Waals surface area contributed by atoms with E-state index in [-0.39, 0.29) is 0 Å². The second-order valence-electron chi connectivity index (χ2n) is 8.40. The molecule has 0 fully saturated rings. The van der Waals surface area contributed by atoms with E-state index >= 15 is 0 Å². The summed E-state index contributed by atoms with van der Waals surface area (Å²) < 4.78 is 18.6. The summed E-state index contributed by atoms with van der Waals surface area (Å²) in [6.45, 7) is 1.61. The van der Waals surface area contributed by atoms with Crippen molar-refractivity contribution < 1.29 is 14.2 Å². The van der Waals surface area contributed by atoms with Gasteiger partial charge in [-0.3, -0.25) is 9.69 Å². The molecule has 0 spiro atoms. The molecule has 35 heavy (non-hydrogen) atoms. The van der Waals surface area contributed by atoms with Crippen molar-refractivity contribution in [3.8, 4) is 28.4 Å². The highest BCUT2D eigenvalue weighted by Crippen LogP contribution is 2.37. The largest absolute Gasteiger partial charge is 0.497 e. The molecular formula is C26H28N6O3. The molecule has 3 heterocycles. The predicted molar refractivity (Wildman–Crippen MR) is 134 cm³/mol. The first kappa shape index (κ1) is 22.5. The number of hydrazine groups is 1. The maximum atomic E-state index is 6.31. The summed E-state index contributed by atoms with van der Waals surface area (Å²) in [4.78, 5) is 6.84. The van der Waals surface area contributed by atoms with Crippen molar-refractivity contribution in [2.45, 2.75) is 13.2 Å². The fraction of sp³-hybridized carbons (Fsp3) is 0.231. The number of pyridine rings is 1. The van der Waals surface area contributed by atoms with Gasteiger partial charge in [0.15, 0.2) is 17.3 Å².